The van der Waals surface area contributed by atoms with Gasteiger partial charge in [-0.25, -0.2) is 4.98 Å². The van der Waals surface area contributed by atoms with E-state index in [0.29, 0.717) is 16.9 Å². The third kappa shape index (κ3) is 4.12. The number of nitrogens with zero attached hydrogens (tertiary/aromatic N) is 1. The van der Waals surface area contributed by atoms with E-state index in [1.165, 1.54) is 19.3 Å². The van der Waals surface area contributed by atoms with Crippen molar-refractivity contribution >= 4 is 11.6 Å². The van der Waals surface area contributed by atoms with Crippen molar-refractivity contribution in [3.05, 3.63) is 18.2 Å². The van der Waals surface area contributed by atoms with Crippen molar-refractivity contribution in [3.8, 4) is 0 Å². The van der Waals surface area contributed by atoms with Crippen LogP contribution in [0.3, 0.4) is 0 Å². The van der Waals surface area contributed by atoms with Crippen LogP contribution < -0.4 is 10.6 Å². The lowest BCUT2D eigenvalue weighted by Crippen LogP contribution is -2.40. The minimum atomic E-state index is 0.401. The van der Waals surface area contributed by atoms with Gasteiger partial charge < -0.3 is 10.6 Å². The molecule has 1 saturated carbocycles. The lowest BCUT2D eigenvalue weighted by atomic mass is 9.63. The minimum absolute atomic E-state index is 0.401. The molecule has 2 rings (SSSR count). The molecule has 0 spiro atoms. The molecule has 0 radical (unpaired) electrons. The van der Waals surface area contributed by atoms with Crippen molar-refractivity contribution in [2.24, 2.45) is 10.8 Å². The van der Waals surface area contributed by atoms with Crippen LogP contribution in [0.2, 0.25) is 0 Å². The Morgan fingerprint density at radius 1 is 1.10 bits per heavy atom. The van der Waals surface area contributed by atoms with Crippen LogP contribution in [0.25, 0.3) is 0 Å². The van der Waals surface area contributed by atoms with Gasteiger partial charge in [0.2, 0.25) is 0 Å². The maximum atomic E-state index is 4.63. The predicted molar refractivity (Wildman–Crippen MR) is 87.2 cm³/mol. The molecule has 0 unspecified atom stereocenters. The fourth-order valence-corrected chi connectivity index (χ4v) is 3.95. The van der Waals surface area contributed by atoms with Crippen LogP contribution in [0.1, 0.15) is 53.9 Å². The van der Waals surface area contributed by atoms with E-state index in [4.69, 9.17) is 0 Å². The summed E-state index contributed by atoms with van der Waals surface area (Å²) in [4.78, 5) is 4.63. The molecule has 0 saturated heterocycles. The average Bonchev–Trinajstić information content (AvgIpc) is 2.25. The van der Waals surface area contributed by atoms with Crippen LogP contribution in [-0.2, 0) is 0 Å². The van der Waals surface area contributed by atoms with Crippen molar-refractivity contribution in [2.75, 3.05) is 17.2 Å². The van der Waals surface area contributed by atoms with E-state index in [1.807, 2.05) is 6.07 Å². The molecule has 0 aromatic carbocycles. The maximum Gasteiger partial charge on any atom is 0.128 e. The van der Waals surface area contributed by atoms with Gasteiger partial charge in [0, 0.05) is 12.6 Å². The number of hydrogen-bond donors (Lipinski definition) is 2. The Labute approximate surface area is 123 Å². The molecule has 0 bridgehead atoms. The summed E-state index contributed by atoms with van der Waals surface area (Å²) in [5.41, 5.74) is 0.803. The highest BCUT2D eigenvalue weighted by Gasteiger charge is 2.38. The van der Waals surface area contributed by atoms with E-state index in [2.05, 4.69) is 62.4 Å². The summed E-state index contributed by atoms with van der Waals surface area (Å²) in [5, 5.41) is 6.91. The van der Waals surface area contributed by atoms with Crippen LogP contribution in [-0.4, -0.2) is 17.6 Å². The van der Waals surface area contributed by atoms with E-state index < -0.39 is 0 Å². The molecule has 1 heterocycles. The quantitative estimate of drug-likeness (QED) is 0.847. The topological polar surface area (TPSA) is 37.0 Å². The Morgan fingerprint density at radius 2 is 1.70 bits per heavy atom. The second kappa shape index (κ2) is 5.63. The minimum Gasteiger partial charge on any atom is -0.370 e. The number of rotatable bonds is 4. The smallest absolute Gasteiger partial charge is 0.128 e. The molecular formula is C17H29N3. The predicted octanol–water partition coefficient (Wildman–Crippen LogP) is 4.53. The normalized spacial score (nSPS) is 21.4. The molecule has 20 heavy (non-hydrogen) atoms. The van der Waals surface area contributed by atoms with Gasteiger partial charge >= 0.3 is 0 Å². The first kappa shape index (κ1) is 15.1. The lowest BCUT2D eigenvalue weighted by molar-refractivity contribution is 0.105. The zero-order valence-electron chi connectivity index (χ0n) is 13.6. The first-order chi connectivity index (χ1) is 9.30. The van der Waals surface area contributed by atoms with E-state index in [-0.39, 0.29) is 0 Å². The van der Waals surface area contributed by atoms with Gasteiger partial charge in [-0.2, -0.15) is 0 Å². The second-order valence-electron chi connectivity index (χ2n) is 7.69. The Balaban J connectivity index is 2.07. The van der Waals surface area contributed by atoms with Crippen LogP contribution in [0.5, 0.6) is 0 Å². The van der Waals surface area contributed by atoms with Crippen molar-refractivity contribution < 1.29 is 0 Å². The summed E-state index contributed by atoms with van der Waals surface area (Å²) < 4.78 is 0. The zero-order chi connectivity index (χ0) is 14.8. The van der Waals surface area contributed by atoms with E-state index >= 15 is 0 Å². The van der Waals surface area contributed by atoms with Gasteiger partial charge in [0.1, 0.15) is 11.6 Å². The van der Waals surface area contributed by atoms with Crippen LogP contribution in [0, 0.1) is 10.8 Å². The van der Waals surface area contributed by atoms with Crippen molar-refractivity contribution in [1.82, 2.24) is 4.98 Å². The van der Waals surface area contributed by atoms with Gasteiger partial charge in [0.05, 0.1) is 0 Å². The zero-order valence-corrected chi connectivity index (χ0v) is 13.6. The maximum absolute atomic E-state index is 4.63. The highest BCUT2D eigenvalue weighted by molar-refractivity contribution is 5.45. The molecule has 1 aliphatic carbocycles. The number of anilines is 2. The molecule has 3 nitrogen and oxygen atoms in total. The highest BCUT2D eigenvalue weighted by atomic mass is 15.1. The molecule has 1 fully saturated rings. The fraction of sp³-hybridized carbons (Fsp3) is 0.706. The summed E-state index contributed by atoms with van der Waals surface area (Å²) in [7, 11) is 0. The molecule has 1 aromatic rings. The van der Waals surface area contributed by atoms with E-state index in [1.54, 1.807) is 0 Å². The van der Waals surface area contributed by atoms with Crippen molar-refractivity contribution in [2.45, 2.75) is 59.9 Å². The molecule has 0 atom stereocenters. The van der Waals surface area contributed by atoms with Crippen molar-refractivity contribution in [1.29, 1.82) is 0 Å². The summed E-state index contributed by atoms with van der Waals surface area (Å²) in [5.74, 6) is 1.94. The SMILES string of the molecule is CCNc1cccc(NC2CC(C)(C)CC(C)(C)C2)n1. The van der Waals surface area contributed by atoms with Gasteiger partial charge in [-0.15, -0.1) is 0 Å². The van der Waals surface area contributed by atoms with E-state index in [9.17, 15) is 0 Å². The Morgan fingerprint density at radius 3 is 2.30 bits per heavy atom. The third-order valence-electron chi connectivity index (χ3n) is 4.01. The van der Waals surface area contributed by atoms with E-state index in [0.717, 1.165) is 18.2 Å². The molecule has 2 N–H and O–H groups in total. The standard InChI is InChI=1S/C17H29N3/c1-6-18-14-8-7-9-15(20-14)19-13-10-16(2,3)12-17(4,5)11-13/h7-9,13H,6,10-12H2,1-5H3,(H2,18,19,20). The highest BCUT2D eigenvalue weighted by Crippen LogP contribution is 2.46. The second-order valence-corrected chi connectivity index (χ2v) is 7.69. The Bertz CT molecular complexity index is 435. The fourth-order valence-electron chi connectivity index (χ4n) is 3.95. The largest absolute Gasteiger partial charge is 0.370 e. The average molecular weight is 275 g/mol. The third-order valence-corrected chi connectivity index (χ3v) is 4.01. The number of nitrogens with one attached hydrogen (secondary N) is 2. The summed E-state index contributed by atoms with van der Waals surface area (Å²) in [6.45, 7) is 12.5. The molecule has 1 aromatic heterocycles. The lowest BCUT2D eigenvalue weighted by Gasteiger charge is -2.45. The number of aromatic nitrogens is 1. The molecule has 3 heteroatoms. The number of pyridine rings is 1. The molecule has 1 aliphatic rings. The van der Waals surface area contributed by atoms with Gasteiger partial charge in [-0.3, -0.25) is 0 Å². The summed E-state index contributed by atoms with van der Waals surface area (Å²) >= 11 is 0. The number of hydrogen-bond acceptors (Lipinski definition) is 3. The molecule has 0 amide bonds. The molecule has 0 aliphatic heterocycles. The Hall–Kier alpha value is -1.25. The molecular weight excluding hydrogens is 246 g/mol. The van der Waals surface area contributed by atoms with Gasteiger partial charge in [0.25, 0.3) is 0 Å². The Kier molecular flexibility index (Phi) is 4.26. The van der Waals surface area contributed by atoms with Crippen LogP contribution in [0.15, 0.2) is 18.2 Å². The van der Waals surface area contributed by atoms with Gasteiger partial charge in [-0.1, -0.05) is 33.8 Å². The summed E-state index contributed by atoms with van der Waals surface area (Å²) in [6.07, 6.45) is 3.72. The first-order valence-electron chi connectivity index (χ1n) is 7.77. The van der Waals surface area contributed by atoms with Gasteiger partial charge in [-0.05, 0) is 49.1 Å². The van der Waals surface area contributed by atoms with Crippen LogP contribution in [0.4, 0.5) is 11.6 Å². The van der Waals surface area contributed by atoms with Crippen LogP contribution >= 0.6 is 0 Å². The summed E-state index contributed by atoms with van der Waals surface area (Å²) in [6, 6.07) is 6.66. The molecule has 112 valence electrons. The first-order valence-corrected chi connectivity index (χ1v) is 7.77. The van der Waals surface area contributed by atoms with Crippen molar-refractivity contribution in [3.63, 3.8) is 0 Å². The monoisotopic (exact) mass is 275 g/mol. The van der Waals surface area contributed by atoms with Gasteiger partial charge in [0.15, 0.2) is 0 Å².